The molecule has 0 aliphatic carbocycles. The van der Waals surface area contributed by atoms with E-state index in [9.17, 15) is 0 Å². The van der Waals surface area contributed by atoms with Crippen molar-refractivity contribution in [3.05, 3.63) is 28.5 Å². The number of nitrogens with zero attached hydrogens (tertiary/aromatic N) is 3. The normalized spacial score (nSPS) is 12.1. The van der Waals surface area contributed by atoms with Crippen molar-refractivity contribution in [2.75, 3.05) is 26.8 Å². The number of methoxy groups -OCH3 is 1. The van der Waals surface area contributed by atoms with E-state index in [1.165, 1.54) is 0 Å². The van der Waals surface area contributed by atoms with Crippen molar-refractivity contribution >= 4 is 21.8 Å². The van der Waals surface area contributed by atoms with Crippen molar-refractivity contribution < 1.29 is 9.94 Å². The molecule has 1 heterocycles. The van der Waals surface area contributed by atoms with Crippen molar-refractivity contribution in [1.82, 2.24) is 9.88 Å². The summed E-state index contributed by atoms with van der Waals surface area (Å²) < 4.78 is 6.04. The molecule has 106 valence electrons. The van der Waals surface area contributed by atoms with E-state index in [1.807, 2.05) is 12.3 Å². The van der Waals surface area contributed by atoms with Crippen LogP contribution in [0.15, 0.2) is 28.1 Å². The van der Waals surface area contributed by atoms with Crippen LogP contribution in [0.4, 0.5) is 0 Å². The smallest absolute Gasteiger partial charge is 0.140 e. The Morgan fingerprint density at radius 3 is 2.95 bits per heavy atom. The number of hydrogen-bond donors (Lipinski definition) is 2. The van der Waals surface area contributed by atoms with E-state index < -0.39 is 0 Å². The standard InChI is InChI=1S/C12H19BrN4O2/c1-19-5-4-17(3-2-12(14)16-18)9-10-6-11(13)8-15-7-10/h6-8,18H,2-5,9H2,1H3,(H2,14,16). The highest BCUT2D eigenvalue weighted by Crippen LogP contribution is 2.11. The highest BCUT2D eigenvalue weighted by molar-refractivity contribution is 9.10. The lowest BCUT2D eigenvalue weighted by molar-refractivity contribution is 0.145. The minimum absolute atomic E-state index is 0.231. The lowest BCUT2D eigenvalue weighted by Gasteiger charge is -2.21. The minimum atomic E-state index is 0.231. The third kappa shape index (κ3) is 6.51. The first kappa shape index (κ1) is 15.9. The molecule has 1 aromatic heterocycles. The van der Waals surface area contributed by atoms with Crippen molar-refractivity contribution in [3.63, 3.8) is 0 Å². The molecule has 0 bridgehead atoms. The molecule has 7 heteroatoms. The van der Waals surface area contributed by atoms with E-state index >= 15 is 0 Å². The van der Waals surface area contributed by atoms with Gasteiger partial charge in [0.25, 0.3) is 0 Å². The number of halogens is 1. The van der Waals surface area contributed by atoms with Crippen LogP contribution in [0.25, 0.3) is 0 Å². The number of amidine groups is 1. The second-order valence-electron chi connectivity index (χ2n) is 4.12. The molecule has 6 nitrogen and oxygen atoms in total. The Labute approximate surface area is 121 Å². The first-order chi connectivity index (χ1) is 9.15. The highest BCUT2D eigenvalue weighted by Gasteiger charge is 2.08. The SMILES string of the molecule is COCCN(CC/C(N)=N/O)Cc1cncc(Br)c1. The number of oxime groups is 1. The van der Waals surface area contributed by atoms with Gasteiger partial charge in [-0.2, -0.15) is 0 Å². The molecule has 0 fully saturated rings. The Hall–Kier alpha value is -1.18. The molecule has 0 aliphatic heterocycles. The molecule has 0 spiro atoms. The Kier molecular flexibility index (Phi) is 7.39. The molecular weight excluding hydrogens is 312 g/mol. The van der Waals surface area contributed by atoms with Gasteiger partial charge in [0.2, 0.25) is 0 Å². The summed E-state index contributed by atoms with van der Waals surface area (Å²) >= 11 is 3.40. The zero-order chi connectivity index (χ0) is 14.1. The van der Waals surface area contributed by atoms with Crippen LogP contribution in [0.5, 0.6) is 0 Å². The molecule has 0 unspecified atom stereocenters. The molecule has 0 amide bonds. The Bertz CT molecular complexity index is 414. The summed E-state index contributed by atoms with van der Waals surface area (Å²) in [7, 11) is 1.67. The third-order valence-corrected chi connectivity index (χ3v) is 3.03. The molecule has 0 aromatic carbocycles. The molecular formula is C12H19BrN4O2. The van der Waals surface area contributed by atoms with Gasteiger partial charge in [-0.1, -0.05) is 5.16 Å². The third-order valence-electron chi connectivity index (χ3n) is 2.59. The largest absolute Gasteiger partial charge is 0.409 e. The van der Waals surface area contributed by atoms with Crippen LogP contribution in [0.3, 0.4) is 0 Å². The lowest BCUT2D eigenvalue weighted by Crippen LogP contribution is -2.30. The van der Waals surface area contributed by atoms with E-state index in [4.69, 9.17) is 15.7 Å². The van der Waals surface area contributed by atoms with E-state index in [2.05, 4.69) is 31.0 Å². The second-order valence-corrected chi connectivity index (χ2v) is 5.04. The van der Waals surface area contributed by atoms with Crippen LogP contribution in [0.1, 0.15) is 12.0 Å². The van der Waals surface area contributed by atoms with Crippen LogP contribution in [0.2, 0.25) is 0 Å². The van der Waals surface area contributed by atoms with Gasteiger partial charge >= 0.3 is 0 Å². The molecule has 0 radical (unpaired) electrons. The molecule has 1 rings (SSSR count). The first-order valence-corrected chi connectivity index (χ1v) is 6.72. The predicted octanol–water partition coefficient (Wildman–Crippen LogP) is 1.43. The van der Waals surface area contributed by atoms with Gasteiger partial charge in [0, 0.05) is 50.0 Å². The zero-order valence-corrected chi connectivity index (χ0v) is 12.5. The topological polar surface area (TPSA) is 84.0 Å². The number of rotatable bonds is 8. The first-order valence-electron chi connectivity index (χ1n) is 5.93. The van der Waals surface area contributed by atoms with E-state index in [0.717, 1.165) is 23.1 Å². The number of aromatic nitrogens is 1. The second kappa shape index (κ2) is 8.84. The number of hydrogen-bond acceptors (Lipinski definition) is 5. The zero-order valence-electron chi connectivity index (χ0n) is 10.9. The van der Waals surface area contributed by atoms with Crippen molar-refractivity contribution in [1.29, 1.82) is 0 Å². The average Bonchev–Trinajstić information content (AvgIpc) is 2.41. The van der Waals surface area contributed by atoms with Gasteiger partial charge in [0.1, 0.15) is 5.84 Å². The van der Waals surface area contributed by atoms with Gasteiger partial charge in [-0.05, 0) is 27.6 Å². The van der Waals surface area contributed by atoms with Crippen LogP contribution >= 0.6 is 15.9 Å². The number of ether oxygens (including phenoxy) is 1. The fraction of sp³-hybridized carbons (Fsp3) is 0.500. The summed E-state index contributed by atoms with van der Waals surface area (Å²) in [5, 5.41) is 11.5. The van der Waals surface area contributed by atoms with Gasteiger partial charge in [-0.3, -0.25) is 9.88 Å². The van der Waals surface area contributed by atoms with Crippen LogP contribution in [-0.2, 0) is 11.3 Å². The molecule has 0 saturated heterocycles. The maximum absolute atomic E-state index is 8.55. The van der Waals surface area contributed by atoms with Crippen LogP contribution in [-0.4, -0.2) is 47.7 Å². The van der Waals surface area contributed by atoms with Crippen molar-refractivity contribution in [2.45, 2.75) is 13.0 Å². The average molecular weight is 331 g/mol. The summed E-state index contributed by atoms with van der Waals surface area (Å²) in [6.07, 6.45) is 4.09. The molecule has 1 aromatic rings. The van der Waals surface area contributed by atoms with Gasteiger partial charge in [0.05, 0.1) is 6.61 Å². The molecule has 0 atom stereocenters. The summed E-state index contributed by atoms with van der Waals surface area (Å²) in [4.78, 5) is 6.31. The Morgan fingerprint density at radius 1 is 1.53 bits per heavy atom. The van der Waals surface area contributed by atoms with Crippen molar-refractivity contribution in [2.24, 2.45) is 10.9 Å². The molecule has 0 aliphatic rings. The lowest BCUT2D eigenvalue weighted by atomic mass is 10.2. The van der Waals surface area contributed by atoms with Gasteiger partial charge < -0.3 is 15.7 Å². The predicted molar refractivity (Wildman–Crippen MR) is 77.1 cm³/mol. The maximum atomic E-state index is 8.55. The van der Waals surface area contributed by atoms with Crippen LogP contribution < -0.4 is 5.73 Å². The summed E-state index contributed by atoms with van der Waals surface area (Å²) in [6, 6.07) is 2.02. The fourth-order valence-corrected chi connectivity index (χ4v) is 2.03. The minimum Gasteiger partial charge on any atom is -0.409 e. The van der Waals surface area contributed by atoms with E-state index in [1.54, 1.807) is 13.3 Å². The molecule has 0 saturated carbocycles. The highest BCUT2D eigenvalue weighted by atomic mass is 79.9. The maximum Gasteiger partial charge on any atom is 0.140 e. The van der Waals surface area contributed by atoms with Gasteiger partial charge in [-0.25, -0.2) is 0 Å². The summed E-state index contributed by atoms with van der Waals surface area (Å²) in [6.45, 7) is 2.86. The number of pyridine rings is 1. The van der Waals surface area contributed by atoms with Gasteiger partial charge in [0.15, 0.2) is 0 Å². The fourth-order valence-electron chi connectivity index (χ4n) is 1.61. The Balaban J connectivity index is 2.57. The molecule has 19 heavy (non-hydrogen) atoms. The monoisotopic (exact) mass is 330 g/mol. The van der Waals surface area contributed by atoms with Crippen LogP contribution in [0, 0.1) is 0 Å². The quantitative estimate of drug-likeness (QED) is 0.326. The Morgan fingerprint density at radius 2 is 2.32 bits per heavy atom. The summed E-state index contributed by atoms with van der Waals surface area (Å²) in [5.41, 5.74) is 6.59. The summed E-state index contributed by atoms with van der Waals surface area (Å²) in [5.74, 6) is 0.231. The van der Waals surface area contributed by atoms with Gasteiger partial charge in [-0.15, -0.1) is 0 Å². The van der Waals surface area contributed by atoms with E-state index in [-0.39, 0.29) is 5.84 Å². The van der Waals surface area contributed by atoms with Crippen molar-refractivity contribution in [3.8, 4) is 0 Å². The molecule has 3 N–H and O–H groups in total. The number of nitrogens with two attached hydrogens (primary N) is 1. The van der Waals surface area contributed by atoms with E-state index in [0.29, 0.717) is 19.6 Å².